The average molecular weight is 373 g/mol. The van der Waals surface area contributed by atoms with E-state index in [-0.39, 0.29) is 28.8 Å². The number of rotatable bonds is 9. The van der Waals surface area contributed by atoms with Crippen LogP contribution in [-0.4, -0.2) is 23.7 Å². The minimum atomic E-state index is -0.846. The van der Waals surface area contributed by atoms with Crippen molar-refractivity contribution >= 4 is 29.3 Å². The first-order valence-electron chi connectivity index (χ1n) is 8.40. The van der Waals surface area contributed by atoms with Crippen molar-refractivity contribution in [1.82, 2.24) is 0 Å². The Balaban J connectivity index is 2.91. The Kier molecular flexibility index (Phi) is 8.89. The maximum atomic E-state index is 14.1. The molecule has 1 unspecified atom stereocenters. The van der Waals surface area contributed by atoms with Gasteiger partial charge in [-0.15, -0.1) is 11.8 Å². The van der Waals surface area contributed by atoms with Crippen molar-refractivity contribution < 1.29 is 23.1 Å². The molecule has 1 aromatic rings. The van der Waals surface area contributed by atoms with Crippen molar-refractivity contribution in [3.63, 3.8) is 0 Å². The molecule has 0 radical (unpaired) electrons. The summed E-state index contributed by atoms with van der Waals surface area (Å²) < 4.78 is 33.1. The molecular weight excluding hydrogens is 348 g/mol. The second-order valence-corrected chi connectivity index (χ2v) is 7.34. The molecule has 0 aromatic heterocycles. The largest absolute Gasteiger partial charge is 0.465 e. The molecule has 7 heteroatoms. The molecule has 0 saturated carbocycles. The van der Waals surface area contributed by atoms with Crippen molar-refractivity contribution in [3.05, 3.63) is 23.8 Å². The molecule has 0 aliphatic rings. The Bertz CT molecular complexity index is 608. The van der Waals surface area contributed by atoms with E-state index < -0.39 is 22.9 Å². The lowest BCUT2D eigenvalue weighted by atomic mass is 10.2. The lowest BCUT2D eigenvalue weighted by Gasteiger charge is -2.16. The van der Waals surface area contributed by atoms with Crippen LogP contribution in [0.15, 0.2) is 17.0 Å². The number of benzene rings is 1. The number of esters is 1. The fourth-order valence-electron chi connectivity index (χ4n) is 1.95. The summed E-state index contributed by atoms with van der Waals surface area (Å²) >= 11 is 0.971. The summed E-state index contributed by atoms with van der Waals surface area (Å²) in [6, 6.07) is 1.94. The Morgan fingerprint density at radius 2 is 1.88 bits per heavy atom. The minimum Gasteiger partial charge on any atom is -0.465 e. The average Bonchev–Trinajstić information content (AvgIpc) is 2.54. The standard InChI is InChI=1S/C18H25F2NO3S/c1-5-7-17(22)21-14-9-16(13(20)8-12(14)19)25-15(6-2)18(23)24-10-11(3)4/h8-9,11,15H,5-7,10H2,1-4H3,(H,21,22). The number of hydrogen-bond donors (Lipinski definition) is 1. The number of carbonyl (C=O) groups is 2. The third-order valence-electron chi connectivity index (χ3n) is 3.23. The zero-order chi connectivity index (χ0) is 19.0. The Labute approximate surface area is 151 Å². The Hall–Kier alpha value is -1.63. The third kappa shape index (κ3) is 7.02. The van der Waals surface area contributed by atoms with Crippen LogP contribution in [-0.2, 0) is 14.3 Å². The van der Waals surface area contributed by atoms with Crippen LogP contribution in [0.4, 0.5) is 14.5 Å². The molecule has 1 amide bonds. The number of carbonyl (C=O) groups excluding carboxylic acids is 2. The molecule has 140 valence electrons. The topological polar surface area (TPSA) is 55.4 Å². The number of ether oxygens (including phenoxy) is 1. The number of amides is 1. The van der Waals surface area contributed by atoms with E-state index in [0.29, 0.717) is 19.4 Å². The van der Waals surface area contributed by atoms with E-state index in [1.807, 2.05) is 20.8 Å². The molecular formula is C18H25F2NO3S. The number of anilines is 1. The summed E-state index contributed by atoms with van der Waals surface area (Å²) in [7, 11) is 0. The highest BCUT2D eigenvalue weighted by molar-refractivity contribution is 8.00. The van der Waals surface area contributed by atoms with Crippen LogP contribution in [0, 0.1) is 17.6 Å². The molecule has 1 aromatic carbocycles. The van der Waals surface area contributed by atoms with Crippen LogP contribution >= 0.6 is 11.8 Å². The fraction of sp³-hybridized carbons (Fsp3) is 0.556. The first-order valence-corrected chi connectivity index (χ1v) is 9.28. The maximum Gasteiger partial charge on any atom is 0.319 e. The first kappa shape index (κ1) is 21.4. The van der Waals surface area contributed by atoms with E-state index in [1.165, 1.54) is 6.07 Å². The van der Waals surface area contributed by atoms with Gasteiger partial charge in [0, 0.05) is 17.4 Å². The van der Waals surface area contributed by atoms with Crippen LogP contribution in [0.5, 0.6) is 0 Å². The van der Waals surface area contributed by atoms with Crippen LogP contribution in [0.2, 0.25) is 0 Å². The van der Waals surface area contributed by atoms with Gasteiger partial charge in [-0.1, -0.05) is 27.7 Å². The quantitative estimate of drug-likeness (QED) is 0.500. The molecule has 0 heterocycles. The van der Waals surface area contributed by atoms with Crippen molar-refractivity contribution in [2.45, 2.75) is 57.1 Å². The summed E-state index contributed by atoms with van der Waals surface area (Å²) in [5.74, 6) is -2.18. The molecule has 0 fully saturated rings. The molecule has 0 bridgehead atoms. The summed E-state index contributed by atoms with van der Waals surface area (Å²) in [4.78, 5) is 23.8. The monoisotopic (exact) mass is 373 g/mol. The van der Waals surface area contributed by atoms with Crippen molar-refractivity contribution in [2.24, 2.45) is 5.92 Å². The summed E-state index contributed by atoms with van der Waals surface area (Å²) in [5, 5.41) is 1.83. The SMILES string of the molecule is CCCC(=O)Nc1cc(SC(CC)C(=O)OCC(C)C)c(F)cc1F. The number of thioether (sulfide) groups is 1. The van der Waals surface area contributed by atoms with Crippen molar-refractivity contribution in [1.29, 1.82) is 0 Å². The smallest absolute Gasteiger partial charge is 0.319 e. The highest BCUT2D eigenvalue weighted by Crippen LogP contribution is 2.32. The van der Waals surface area contributed by atoms with Gasteiger partial charge in [-0.25, -0.2) is 8.78 Å². The lowest BCUT2D eigenvalue weighted by Crippen LogP contribution is -2.21. The predicted molar refractivity (Wildman–Crippen MR) is 95.6 cm³/mol. The van der Waals surface area contributed by atoms with Crippen LogP contribution in [0.1, 0.15) is 47.0 Å². The molecule has 0 saturated heterocycles. The van der Waals surface area contributed by atoms with E-state index in [0.717, 1.165) is 17.8 Å². The minimum absolute atomic E-state index is 0.0900. The molecule has 1 rings (SSSR count). The Morgan fingerprint density at radius 1 is 1.20 bits per heavy atom. The molecule has 1 N–H and O–H groups in total. The summed E-state index contributed by atoms with van der Waals surface area (Å²) in [5.41, 5.74) is -0.0900. The van der Waals surface area contributed by atoms with Crippen molar-refractivity contribution in [2.75, 3.05) is 11.9 Å². The molecule has 0 aliphatic carbocycles. The van der Waals surface area contributed by atoms with Gasteiger partial charge in [-0.05, 0) is 24.8 Å². The van der Waals surface area contributed by atoms with E-state index in [2.05, 4.69) is 5.32 Å². The van der Waals surface area contributed by atoms with Crippen LogP contribution in [0.25, 0.3) is 0 Å². The highest BCUT2D eigenvalue weighted by atomic mass is 32.2. The van der Waals surface area contributed by atoms with Gasteiger partial charge in [0.2, 0.25) is 5.91 Å². The van der Waals surface area contributed by atoms with Gasteiger partial charge in [-0.3, -0.25) is 9.59 Å². The van der Waals surface area contributed by atoms with Gasteiger partial charge in [0.15, 0.2) is 0 Å². The van der Waals surface area contributed by atoms with Gasteiger partial charge in [-0.2, -0.15) is 0 Å². The number of halogens is 2. The Morgan fingerprint density at radius 3 is 2.44 bits per heavy atom. The van der Waals surface area contributed by atoms with E-state index in [1.54, 1.807) is 6.92 Å². The van der Waals surface area contributed by atoms with E-state index >= 15 is 0 Å². The van der Waals surface area contributed by atoms with Gasteiger partial charge in [0.25, 0.3) is 0 Å². The molecule has 0 spiro atoms. The summed E-state index contributed by atoms with van der Waals surface area (Å²) in [6.07, 6.45) is 1.31. The van der Waals surface area contributed by atoms with E-state index in [4.69, 9.17) is 4.74 Å². The zero-order valence-corrected chi connectivity index (χ0v) is 15.8. The second kappa shape index (κ2) is 10.4. The van der Waals surface area contributed by atoms with Crippen LogP contribution in [0.3, 0.4) is 0 Å². The maximum absolute atomic E-state index is 14.1. The fourth-order valence-corrected chi connectivity index (χ4v) is 2.94. The highest BCUT2D eigenvalue weighted by Gasteiger charge is 2.23. The van der Waals surface area contributed by atoms with E-state index in [9.17, 15) is 18.4 Å². The van der Waals surface area contributed by atoms with Crippen LogP contribution < -0.4 is 5.32 Å². The number of hydrogen-bond acceptors (Lipinski definition) is 4. The van der Waals surface area contributed by atoms with Gasteiger partial charge in [0.1, 0.15) is 16.9 Å². The molecule has 25 heavy (non-hydrogen) atoms. The number of nitrogens with one attached hydrogen (secondary N) is 1. The van der Waals surface area contributed by atoms with Gasteiger partial charge in [0.05, 0.1) is 12.3 Å². The lowest BCUT2D eigenvalue weighted by molar-refractivity contribution is -0.144. The second-order valence-electron chi connectivity index (χ2n) is 6.10. The molecule has 4 nitrogen and oxygen atoms in total. The predicted octanol–water partition coefficient (Wildman–Crippen LogP) is 4.77. The normalized spacial score (nSPS) is 12.1. The zero-order valence-electron chi connectivity index (χ0n) is 15.0. The van der Waals surface area contributed by atoms with Crippen molar-refractivity contribution in [3.8, 4) is 0 Å². The first-order chi connectivity index (χ1) is 11.8. The van der Waals surface area contributed by atoms with Gasteiger partial charge >= 0.3 is 5.97 Å². The third-order valence-corrected chi connectivity index (χ3v) is 4.61. The molecule has 1 atom stereocenters. The summed E-state index contributed by atoms with van der Waals surface area (Å²) in [6.45, 7) is 7.76. The molecule has 0 aliphatic heterocycles. The van der Waals surface area contributed by atoms with Gasteiger partial charge < -0.3 is 10.1 Å².